The molecule has 0 fully saturated rings. The molecule has 3 heteroatoms. The van der Waals surface area contributed by atoms with Gasteiger partial charge in [-0.1, -0.05) is 13.8 Å². The molecule has 0 saturated heterocycles. The van der Waals surface area contributed by atoms with Gasteiger partial charge in [-0.15, -0.1) is 6.42 Å². The Labute approximate surface area is 117 Å². The van der Waals surface area contributed by atoms with Gasteiger partial charge in [0.25, 0.3) is 0 Å². The first-order valence-corrected chi connectivity index (χ1v) is 3.46. The van der Waals surface area contributed by atoms with E-state index in [9.17, 15) is 0 Å². The van der Waals surface area contributed by atoms with E-state index in [1.165, 1.54) is 0 Å². The molecular formula is C8H11N2Rb. The number of nitrogens with zero attached hydrogens (tertiary/aromatic N) is 2. The Balaban J connectivity index is 0.000001000. The van der Waals surface area contributed by atoms with Crippen LogP contribution in [-0.4, -0.2) is 12.1 Å². The maximum Gasteiger partial charge on any atom is 1.00 e. The maximum atomic E-state index is 4.15. The molecule has 0 bridgehead atoms. The van der Waals surface area contributed by atoms with Crippen molar-refractivity contribution in [1.29, 1.82) is 0 Å². The minimum atomic E-state index is 0. The van der Waals surface area contributed by atoms with E-state index in [0.717, 1.165) is 12.3 Å². The van der Waals surface area contributed by atoms with Gasteiger partial charge in [-0.2, -0.15) is 6.20 Å². The quantitative estimate of drug-likeness (QED) is 0.498. The Morgan fingerprint density at radius 1 is 1.55 bits per heavy atom. The van der Waals surface area contributed by atoms with Gasteiger partial charge in [0, 0.05) is 5.92 Å². The Morgan fingerprint density at radius 3 is 2.91 bits per heavy atom. The molecule has 1 heterocycles. The van der Waals surface area contributed by atoms with Crippen molar-refractivity contribution >= 4 is 12.1 Å². The molecule has 0 spiro atoms. The summed E-state index contributed by atoms with van der Waals surface area (Å²) < 4.78 is 0. The van der Waals surface area contributed by atoms with Crippen molar-refractivity contribution in [1.82, 2.24) is 0 Å². The topological polar surface area (TPSA) is 24.7 Å². The third kappa shape index (κ3) is 4.46. The molecule has 0 amide bonds. The van der Waals surface area contributed by atoms with Gasteiger partial charge in [-0.25, -0.2) is 4.99 Å². The van der Waals surface area contributed by atoms with Gasteiger partial charge in [0.15, 0.2) is 0 Å². The standard InChI is InChI=1S/C8H11N2.Rb/c1-7(2)8-9-5-3-4-6-10-8;/h5-7H,3H2,1-2H3;/q-1;+1. The fourth-order valence-electron chi connectivity index (χ4n) is 0.688. The van der Waals surface area contributed by atoms with Crippen LogP contribution in [0, 0.1) is 12.0 Å². The van der Waals surface area contributed by atoms with Crippen LogP contribution < -0.4 is 58.2 Å². The van der Waals surface area contributed by atoms with Crippen molar-refractivity contribution in [2.45, 2.75) is 20.3 Å². The molecule has 54 valence electrons. The molecule has 0 atom stereocenters. The zero-order chi connectivity index (χ0) is 7.40. The van der Waals surface area contributed by atoms with Crippen LogP contribution in [0.3, 0.4) is 0 Å². The van der Waals surface area contributed by atoms with Crippen molar-refractivity contribution in [3.63, 3.8) is 0 Å². The van der Waals surface area contributed by atoms with E-state index in [2.05, 4.69) is 29.9 Å². The van der Waals surface area contributed by atoms with Gasteiger partial charge in [-0.05, 0) is 6.21 Å². The zero-order valence-corrected chi connectivity index (χ0v) is 12.2. The fraction of sp³-hybridized carbons (Fsp3) is 0.500. The van der Waals surface area contributed by atoms with Crippen molar-refractivity contribution < 1.29 is 58.2 Å². The summed E-state index contributed by atoms with van der Waals surface area (Å²) in [6, 6.07) is 0. The normalized spacial score (nSPS) is 15.7. The molecule has 0 aromatic heterocycles. The number of aliphatic imine (C=N–C) groups is 2. The summed E-state index contributed by atoms with van der Waals surface area (Å²) in [6.07, 6.45) is 7.28. The maximum absolute atomic E-state index is 4.15. The Kier molecular flexibility index (Phi) is 6.92. The average Bonchev–Trinajstić information content (AvgIpc) is 2.12. The molecule has 0 unspecified atom stereocenters. The van der Waals surface area contributed by atoms with E-state index in [4.69, 9.17) is 0 Å². The zero-order valence-electron chi connectivity index (χ0n) is 7.33. The number of amidine groups is 1. The van der Waals surface area contributed by atoms with Crippen LogP contribution in [0.2, 0.25) is 0 Å². The molecule has 0 aliphatic carbocycles. The fourth-order valence-corrected chi connectivity index (χ4v) is 0.688. The second-order valence-corrected chi connectivity index (χ2v) is 2.49. The van der Waals surface area contributed by atoms with Gasteiger partial charge in [0.05, 0.1) is 0 Å². The largest absolute Gasteiger partial charge is 1.00 e. The van der Waals surface area contributed by atoms with Gasteiger partial charge >= 0.3 is 58.2 Å². The van der Waals surface area contributed by atoms with Crippen LogP contribution in [0.15, 0.2) is 16.2 Å². The first-order valence-electron chi connectivity index (χ1n) is 3.46. The summed E-state index contributed by atoms with van der Waals surface area (Å²) in [7, 11) is 0. The molecule has 0 saturated carbocycles. The van der Waals surface area contributed by atoms with E-state index >= 15 is 0 Å². The third-order valence-corrected chi connectivity index (χ3v) is 1.24. The van der Waals surface area contributed by atoms with Crippen LogP contribution >= 0.6 is 0 Å². The molecule has 2 nitrogen and oxygen atoms in total. The van der Waals surface area contributed by atoms with Gasteiger partial charge in [0.2, 0.25) is 0 Å². The van der Waals surface area contributed by atoms with Crippen LogP contribution in [0.25, 0.3) is 0 Å². The molecule has 1 aliphatic heterocycles. The SMILES string of the molecule is CC(C)C1=NC=[C-]CC=N1.[Rb+]. The van der Waals surface area contributed by atoms with Gasteiger partial charge in [0.1, 0.15) is 5.84 Å². The van der Waals surface area contributed by atoms with E-state index < -0.39 is 0 Å². The first-order chi connectivity index (χ1) is 4.80. The average molecular weight is 221 g/mol. The Bertz CT molecular complexity index is 192. The Morgan fingerprint density at radius 2 is 2.27 bits per heavy atom. The van der Waals surface area contributed by atoms with Crippen molar-refractivity contribution in [3.05, 3.63) is 12.3 Å². The molecular weight excluding hydrogens is 210 g/mol. The van der Waals surface area contributed by atoms with E-state index in [0.29, 0.717) is 5.92 Å². The van der Waals surface area contributed by atoms with Crippen molar-refractivity contribution in [2.75, 3.05) is 0 Å². The third-order valence-electron chi connectivity index (χ3n) is 1.24. The molecule has 11 heavy (non-hydrogen) atoms. The molecule has 0 N–H and O–H groups in total. The number of hydrogen-bond acceptors (Lipinski definition) is 2. The first kappa shape index (κ1) is 11.9. The second kappa shape index (κ2) is 6.41. The van der Waals surface area contributed by atoms with Gasteiger partial charge in [-0.3, -0.25) is 4.99 Å². The Hall–Kier alpha value is 0.885. The van der Waals surface area contributed by atoms with Crippen LogP contribution in [0.1, 0.15) is 20.3 Å². The van der Waals surface area contributed by atoms with Crippen molar-refractivity contribution in [2.24, 2.45) is 15.9 Å². The molecule has 0 aromatic carbocycles. The number of rotatable bonds is 1. The summed E-state index contributed by atoms with van der Waals surface area (Å²) in [5.74, 6) is 1.30. The summed E-state index contributed by atoms with van der Waals surface area (Å²) >= 11 is 0. The van der Waals surface area contributed by atoms with E-state index in [1.807, 2.05) is 6.21 Å². The summed E-state index contributed by atoms with van der Waals surface area (Å²) in [5.41, 5.74) is 0. The molecule has 0 radical (unpaired) electrons. The predicted octanol–water partition coefficient (Wildman–Crippen LogP) is -1.16. The van der Waals surface area contributed by atoms with Crippen molar-refractivity contribution in [3.8, 4) is 0 Å². The molecule has 1 rings (SSSR count). The van der Waals surface area contributed by atoms with Gasteiger partial charge < -0.3 is 6.08 Å². The summed E-state index contributed by atoms with van der Waals surface area (Å²) in [5, 5.41) is 0. The minimum Gasteiger partial charge on any atom is -0.472 e. The van der Waals surface area contributed by atoms with Crippen LogP contribution in [-0.2, 0) is 0 Å². The van der Waals surface area contributed by atoms with E-state index in [1.54, 1.807) is 6.20 Å². The predicted molar refractivity (Wildman–Crippen MR) is 43.2 cm³/mol. The number of allylic oxidation sites excluding steroid dienone is 1. The minimum absolute atomic E-state index is 0. The summed E-state index contributed by atoms with van der Waals surface area (Å²) in [4.78, 5) is 8.26. The number of hydrogen-bond donors (Lipinski definition) is 0. The molecule has 1 aliphatic rings. The summed E-state index contributed by atoms with van der Waals surface area (Å²) in [6.45, 7) is 4.16. The van der Waals surface area contributed by atoms with Crippen LogP contribution in [0.5, 0.6) is 0 Å². The smallest absolute Gasteiger partial charge is 0.472 e. The molecule has 0 aromatic rings. The monoisotopic (exact) mass is 220 g/mol. The second-order valence-electron chi connectivity index (χ2n) is 2.49. The van der Waals surface area contributed by atoms with Crippen LogP contribution in [0.4, 0.5) is 0 Å². The van der Waals surface area contributed by atoms with E-state index in [-0.39, 0.29) is 58.2 Å².